The molecule has 0 saturated heterocycles. The summed E-state index contributed by atoms with van der Waals surface area (Å²) in [6.45, 7) is 0.377. The number of carbonyl (C=O) groups excluding carboxylic acids is 1. The minimum Gasteiger partial charge on any atom is -0.388 e. The first kappa shape index (κ1) is 13.6. The lowest BCUT2D eigenvalue weighted by atomic mass is 10.0. The van der Waals surface area contributed by atoms with Crippen LogP contribution >= 0.6 is 15.9 Å². The number of halogens is 1. The maximum Gasteiger partial charge on any atom is 0.224 e. The van der Waals surface area contributed by atoms with Gasteiger partial charge < -0.3 is 10.4 Å². The van der Waals surface area contributed by atoms with Crippen molar-refractivity contribution in [2.24, 2.45) is 0 Å². The van der Waals surface area contributed by atoms with E-state index in [4.69, 9.17) is 0 Å². The fraction of sp³-hybridized carbons (Fsp3) is 0.500. The van der Waals surface area contributed by atoms with Crippen LogP contribution in [0, 0.1) is 0 Å². The maximum absolute atomic E-state index is 11.8. The van der Waals surface area contributed by atoms with Crippen LogP contribution in [0.1, 0.15) is 31.2 Å². The van der Waals surface area contributed by atoms with E-state index in [-0.39, 0.29) is 5.91 Å². The Morgan fingerprint density at radius 1 is 1.28 bits per heavy atom. The van der Waals surface area contributed by atoms with E-state index >= 15 is 0 Å². The highest BCUT2D eigenvalue weighted by Crippen LogP contribution is 2.28. The fourth-order valence-corrected chi connectivity index (χ4v) is 2.59. The van der Waals surface area contributed by atoms with Crippen LogP contribution < -0.4 is 5.32 Å². The second-order valence-electron chi connectivity index (χ2n) is 5.01. The minimum atomic E-state index is -0.671. The third-order valence-corrected chi connectivity index (χ3v) is 3.96. The van der Waals surface area contributed by atoms with Crippen LogP contribution in [0.2, 0.25) is 0 Å². The number of amides is 1. The maximum atomic E-state index is 11.8. The Bertz CT molecular complexity index is 410. The molecular formula is C14H18BrNO2. The molecule has 0 radical (unpaired) electrons. The summed E-state index contributed by atoms with van der Waals surface area (Å²) in [6.07, 6.45) is 4.07. The molecule has 98 valence electrons. The number of hydrogen-bond donors (Lipinski definition) is 2. The Labute approximate surface area is 116 Å². The summed E-state index contributed by atoms with van der Waals surface area (Å²) >= 11 is 3.36. The first-order valence-corrected chi connectivity index (χ1v) is 7.10. The summed E-state index contributed by atoms with van der Waals surface area (Å²) in [5, 5.41) is 12.9. The lowest BCUT2D eigenvalue weighted by molar-refractivity contribution is -0.121. The summed E-state index contributed by atoms with van der Waals surface area (Å²) in [6, 6.07) is 7.70. The predicted molar refractivity (Wildman–Crippen MR) is 74.3 cm³/mol. The van der Waals surface area contributed by atoms with Gasteiger partial charge in [0.15, 0.2) is 0 Å². The topological polar surface area (TPSA) is 49.3 Å². The Morgan fingerprint density at radius 3 is 2.50 bits per heavy atom. The van der Waals surface area contributed by atoms with Crippen molar-refractivity contribution >= 4 is 21.8 Å². The molecule has 1 aromatic carbocycles. The molecule has 0 unspecified atom stereocenters. The molecule has 1 aliphatic rings. The smallest absolute Gasteiger partial charge is 0.224 e. The highest BCUT2D eigenvalue weighted by Gasteiger charge is 2.31. The van der Waals surface area contributed by atoms with Gasteiger partial charge in [-0.2, -0.15) is 0 Å². The third-order valence-electron chi connectivity index (χ3n) is 3.43. The summed E-state index contributed by atoms with van der Waals surface area (Å²) in [5.74, 6) is -0.0300. The first-order chi connectivity index (χ1) is 8.57. The van der Waals surface area contributed by atoms with Crippen molar-refractivity contribution in [1.82, 2.24) is 5.32 Å². The van der Waals surface area contributed by atoms with Crippen molar-refractivity contribution in [3.63, 3.8) is 0 Å². The van der Waals surface area contributed by atoms with Crippen molar-refractivity contribution in [2.45, 2.75) is 37.7 Å². The lowest BCUT2D eigenvalue weighted by Crippen LogP contribution is -2.41. The molecule has 3 nitrogen and oxygen atoms in total. The largest absolute Gasteiger partial charge is 0.388 e. The van der Waals surface area contributed by atoms with Crippen LogP contribution in [-0.2, 0) is 11.2 Å². The van der Waals surface area contributed by atoms with Gasteiger partial charge in [0.1, 0.15) is 0 Å². The molecule has 1 aromatic rings. The number of carbonyl (C=O) groups is 1. The molecule has 0 heterocycles. The third kappa shape index (κ3) is 3.82. The Hall–Kier alpha value is -0.870. The monoisotopic (exact) mass is 311 g/mol. The molecule has 0 aliphatic heterocycles. The number of benzene rings is 1. The second-order valence-corrected chi connectivity index (χ2v) is 5.93. The van der Waals surface area contributed by atoms with Gasteiger partial charge in [-0.1, -0.05) is 40.9 Å². The van der Waals surface area contributed by atoms with E-state index < -0.39 is 5.60 Å². The molecule has 0 aromatic heterocycles. The first-order valence-electron chi connectivity index (χ1n) is 6.31. The summed E-state index contributed by atoms with van der Waals surface area (Å²) in [7, 11) is 0. The van der Waals surface area contributed by atoms with Gasteiger partial charge in [0.2, 0.25) is 5.91 Å². The van der Waals surface area contributed by atoms with E-state index in [1.165, 1.54) is 0 Å². The van der Waals surface area contributed by atoms with Crippen LogP contribution in [0.15, 0.2) is 28.7 Å². The van der Waals surface area contributed by atoms with E-state index in [2.05, 4.69) is 21.2 Å². The number of nitrogens with one attached hydrogen (secondary N) is 1. The molecule has 4 heteroatoms. The van der Waals surface area contributed by atoms with Crippen molar-refractivity contribution in [2.75, 3.05) is 6.54 Å². The van der Waals surface area contributed by atoms with E-state index in [9.17, 15) is 9.90 Å². The average Bonchev–Trinajstić information content (AvgIpc) is 2.78. The van der Waals surface area contributed by atoms with E-state index in [0.29, 0.717) is 13.0 Å². The van der Waals surface area contributed by atoms with Gasteiger partial charge in [0.25, 0.3) is 0 Å². The molecule has 1 saturated carbocycles. The van der Waals surface area contributed by atoms with Gasteiger partial charge in [-0.05, 0) is 30.5 Å². The van der Waals surface area contributed by atoms with E-state index in [1.807, 2.05) is 24.3 Å². The SMILES string of the molecule is O=C(Cc1ccc(Br)cc1)NCC1(O)CCCC1. The minimum absolute atomic E-state index is 0.0300. The van der Waals surface area contributed by atoms with Crippen LogP contribution in [0.25, 0.3) is 0 Å². The zero-order chi connectivity index (χ0) is 13.0. The zero-order valence-electron chi connectivity index (χ0n) is 10.3. The second kappa shape index (κ2) is 5.85. The van der Waals surface area contributed by atoms with Crippen molar-refractivity contribution in [3.05, 3.63) is 34.3 Å². The van der Waals surface area contributed by atoms with Crippen LogP contribution in [-0.4, -0.2) is 23.2 Å². The molecular weight excluding hydrogens is 294 g/mol. The number of aliphatic hydroxyl groups is 1. The van der Waals surface area contributed by atoms with Crippen LogP contribution in [0.5, 0.6) is 0 Å². The van der Waals surface area contributed by atoms with Gasteiger partial charge in [-0.15, -0.1) is 0 Å². The van der Waals surface area contributed by atoms with E-state index in [0.717, 1.165) is 35.7 Å². The number of hydrogen-bond acceptors (Lipinski definition) is 2. The van der Waals surface area contributed by atoms with Crippen molar-refractivity contribution < 1.29 is 9.90 Å². The molecule has 1 fully saturated rings. The van der Waals surface area contributed by atoms with Gasteiger partial charge in [-0.25, -0.2) is 0 Å². The molecule has 1 amide bonds. The molecule has 2 N–H and O–H groups in total. The Kier molecular flexibility index (Phi) is 4.40. The highest BCUT2D eigenvalue weighted by atomic mass is 79.9. The van der Waals surface area contributed by atoms with Gasteiger partial charge in [0, 0.05) is 11.0 Å². The standard InChI is InChI=1S/C14H18BrNO2/c15-12-5-3-11(4-6-12)9-13(17)16-10-14(18)7-1-2-8-14/h3-6,18H,1-2,7-10H2,(H,16,17). The molecule has 0 spiro atoms. The zero-order valence-corrected chi connectivity index (χ0v) is 11.9. The van der Waals surface area contributed by atoms with E-state index in [1.54, 1.807) is 0 Å². The Morgan fingerprint density at radius 2 is 1.89 bits per heavy atom. The van der Waals surface area contributed by atoms with Crippen molar-refractivity contribution in [1.29, 1.82) is 0 Å². The fourth-order valence-electron chi connectivity index (χ4n) is 2.32. The molecule has 1 aliphatic carbocycles. The summed E-state index contributed by atoms with van der Waals surface area (Å²) in [5.41, 5.74) is 0.309. The normalized spacial score (nSPS) is 17.7. The van der Waals surface area contributed by atoms with Gasteiger partial charge in [0.05, 0.1) is 12.0 Å². The lowest BCUT2D eigenvalue weighted by Gasteiger charge is -2.22. The molecule has 18 heavy (non-hydrogen) atoms. The van der Waals surface area contributed by atoms with Crippen LogP contribution in [0.4, 0.5) is 0 Å². The Balaban J connectivity index is 1.80. The average molecular weight is 312 g/mol. The predicted octanol–water partition coefficient (Wildman–Crippen LogP) is 2.41. The highest BCUT2D eigenvalue weighted by molar-refractivity contribution is 9.10. The quantitative estimate of drug-likeness (QED) is 0.897. The van der Waals surface area contributed by atoms with Gasteiger partial charge in [-0.3, -0.25) is 4.79 Å². The van der Waals surface area contributed by atoms with Crippen molar-refractivity contribution in [3.8, 4) is 0 Å². The number of rotatable bonds is 4. The van der Waals surface area contributed by atoms with Gasteiger partial charge >= 0.3 is 0 Å². The molecule has 2 rings (SSSR count). The summed E-state index contributed by atoms with van der Waals surface area (Å²) in [4.78, 5) is 11.8. The molecule has 0 atom stereocenters. The molecule has 0 bridgehead atoms. The summed E-state index contributed by atoms with van der Waals surface area (Å²) < 4.78 is 1.01. The van der Waals surface area contributed by atoms with Crippen LogP contribution in [0.3, 0.4) is 0 Å².